The fourth-order valence-corrected chi connectivity index (χ4v) is 2.60. The van der Waals surface area contributed by atoms with Gasteiger partial charge in [-0.15, -0.1) is 0 Å². The highest BCUT2D eigenvalue weighted by molar-refractivity contribution is 7.71. The van der Waals surface area contributed by atoms with Crippen molar-refractivity contribution >= 4 is 18.1 Å². The lowest BCUT2D eigenvalue weighted by molar-refractivity contribution is -0.132. The number of carbonyl (C=O) groups is 1. The lowest BCUT2D eigenvalue weighted by atomic mass is 9.96. The maximum absolute atomic E-state index is 11.6. The van der Waals surface area contributed by atoms with Crippen molar-refractivity contribution in [2.24, 2.45) is 0 Å². The first kappa shape index (κ1) is 11.3. The number of amides is 1. The molecule has 3 nitrogen and oxygen atoms in total. The minimum Gasteiger partial charge on any atom is -0.353 e. The van der Waals surface area contributed by atoms with Crippen LogP contribution in [0.25, 0.3) is 0 Å². The van der Waals surface area contributed by atoms with Gasteiger partial charge in [0.1, 0.15) is 4.64 Å². The van der Waals surface area contributed by atoms with Crippen LogP contribution in [-0.4, -0.2) is 22.3 Å². The predicted molar refractivity (Wildman–Crippen MR) is 65.6 cm³/mol. The molecule has 1 aromatic heterocycles. The van der Waals surface area contributed by atoms with Crippen molar-refractivity contribution in [1.29, 1.82) is 0 Å². The largest absolute Gasteiger partial charge is 0.353 e. The van der Waals surface area contributed by atoms with E-state index in [-0.39, 0.29) is 11.9 Å². The van der Waals surface area contributed by atoms with E-state index in [0.717, 1.165) is 36.0 Å². The molecule has 1 saturated heterocycles. The number of likely N-dealkylation sites (tertiary alicyclic amines) is 1. The lowest BCUT2D eigenvalue weighted by Gasteiger charge is -2.35. The monoisotopic (exact) mass is 236 g/mol. The van der Waals surface area contributed by atoms with Crippen LogP contribution in [0.2, 0.25) is 0 Å². The molecule has 0 bridgehead atoms. The summed E-state index contributed by atoms with van der Waals surface area (Å²) in [4.78, 5) is 16.5. The van der Waals surface area contributed by atoms with Crippen LogP contribution in [0.15, 0.2) is 18.3 Å². The van der Waals surface area contributed by atoms with E-state index in [1.54, 1.807) is 6.92 Å². The molecule has 1 aliphatic rings. The van der Waals surface area contributed by atoms with Gasteiger partial charge < -0.3 is 9.88 Å². The number of pyridine rings is 1. The van der Waals surface area contributed by atoms with Crippen LogP contribution >= 0.6 is 12.2 Å². The Morgan fingerprint density at radius 1 is 1.56 bits per heavy atom. The first-order valence-corrected chi connectivity index (χ1v) is 6.06. The maximum atomic E-state index is 11.6. The zero-order chi connectivity index (χ0) is 11.5. The second-order valence-electron chi connectivity index (χ2n) is 4.18. The normalized spacial score (nSPS) is 20.8. The predicted octanol–water partition coefficient (Wildman–Crippen LogP) is 2.82. The minimum absolute atomic E-state index is 0.142. The van der Waals surface area contributed by atoms with Crippen LogP contribution in [0.4, 0.5) is 0 Å². The number of nitrogens with one attached hydrogen (secondary N) is 1. The second kappa shape index (κ2) is 4.78. The fraction of sp³-hybridized carbons (Fsp3) is 0.500. The molecular weight excluding hydrogens is 220 g/mol. The van der Waals surface area contributed by atoms with Crippen molar-refractivity contribution in [3.63, 3.8) is 0 Å². The van der Waals surface area contributed by atoms with Crippen molar-refractivity contribution in [3.8, 4) is 0 Å². The van der Waals surface area contributed by atoms with E-state index in [0.29, 0.717) is 0 Å². The zero-order valence-electron chi connectivity index (χ0n) is 9.40. The Bertz CT molecular complexity index is 441. The number of H-pyrrole nitrogens is 1. The van der Waals surface area contributed by atoms with Gasteiger partial charge in [-0.3, -0.25) is 4.79 Å². The smallest absolute Gasteiger partial charge is 0.219 e. The van der Waals surface area contributed by atoms with E-state index in [1.807, 2.05) is 23.2 Å². The molecule has 1 N–H and O–H groups in total. The summed E-state index contributed by atoms with van der Waals surface area (Å²) in [5, 5.41) is 0. The molecule has 0 spiro atoms. The van der Waals surface area contributed by atoms with Gasteiger partial charge in [0.15, 0.2) is 0 Å². The summed E-state index contributed by atoms with van der Waals surface area (Å²) in [5.74, 6) is 0.142. The standard InChI is InChI=1S/C12H16N2OS/c1-9(15)14-8-3-2-6-11(14)10-5-4-7-13-12(10)16/h4-5,7,11H,2-3,6,8H2,1H3,(H,13,16)/t11-/m1/s1. The van der Waals surface area contributed by atoms with Gasteiger partial charge in [-0.05, 0) is 25.3 Å². The SMILES string of the molecule is CC(=O)N1CCCC[C@@H]1c1ccc[nH]c1=S. The number of carbonyl (C=O) groups excluding carboxylic acids is 1. The summed E-state index contributed by atoms with van der Waals surface area (Å²) < 4.78 is 0.751. The molecule has 2 heterocycles. The summed E-state index contributed by atoms with van der Waals surface area (Å²) >= 11 is 5.28. The van der Waals surface area contributed by atoms with Crippen LogP contribution in [0.5, 0.6) is 0 Å². The van der Waals surface area contributed by atoms with E-state index in [2.05, 4.69) is 4.98 Å². The molecular formula is C12H16N2OS. The van der Waals surface area contributed by atoms with Crippen LogP contribution in [-0.2, 0) is 4.79 Å². The molecule has 1 atom stereocenters. The maximum Gasteiger partial charge on any atom is 0.219 e. The number of piperidine rings is 1. The number of nitrogens with zero attached hydrogens (tertiary/aromatic N) is 1. The second-order valence-corrected chi connectivity index (χ2v) is 4.59. The van der Waals surface area contributed by atoms with Gasteiger partial charge in [-0.2, -0.15) is 0 Å². The van der Waals surface area contributed by atoms with Gasteiger partial charge in [0.05, 0.1) is 6.04 Å². The van der Waals surface area contributed by atoms with E-state index < -0.39 is 0 Å². The summed E-state index contributed by atoms with van der Waals surface area (Å²) in [5.41, 5.74) is 1.08. The Labute approximate surface area is 100 Å². The minimum atomic E-state index is 0.142. The molecule has 0 aromatic carbocycles. The first-order valence-electron chi connectivity index (χ1n) is 5.65. The highest BCUT2D eigenvalue weighted by Gasteiger charge is 2.26. The average Bonchev–Trinajstić information content (AvgIpc) is 2.29. The highest BCUT2D eigenvalue weighted by Crippen LogP contribution is 2.30. The number of aromatic amines is 1. The molecule has 0 radical (unpaired) electrons. The lowest BCUT2D eigenvalue weighted by Crippen LogP contribution is -2.37. The molecule has 0 saturated carbocycles. The van der Waals surface area contributed by atoms with Gasteiger partial charge in [-0.25, -0.2) is 0 Å². The van der Waals surface area contributed by atoms with E-state index in [1.165, 1.54) is 0 Å². The molecule has 0 unspecified atom stereocenters. The van der Waals surface area contributed by atoms with Crippen molar-refractivity contribution in [1.82, 2.24) is 9.88 Å². The Hall–Kier alpha value is -1.16. The summed E-state index contributed by atoms with van der Waals surface area (Å²) in [7, 11) is 0. The Balaban J connectivity index is 2.34. The fourth-order valence-electron chi connectivity index (χ4n) is 2.33. The van der Waals surface area contributed by atoms with Crippen LogP contribution < -0.4 is 0 Å². The zero-order valence-corrected chi connectivity index (χ0v) is 10.2. The third-order valence-corrected chi connectivity index (χ3v) is 3.47. The quantitative estimate of drug-likeness (QED) is 0.761. The summed E-state index contributed by atoms with van der Waals surface area (Å²) in [6.45, 7) is 2.48. The molecule has 2 rings (SSSR count). The van der Waals surface area contributed by atoms with Crippen molar-refractivity contribution in [2.45, 2.75) is 32.2 Å². The third kappa shape index (κ3) is 2.16. The molecule has 16 heavy (non-hydrogen) atoms. The number of aromatic nitrogens is 1. The van der Waals surface area contributed by atoms with Crippen molar-refractivity contribution in [3.05, 3.63) is 28.5 Å². The van der Waals surface area contributed by atoms with Crippen LogP contribution in [0, 0.1) is 4.64 Å². The third-order valence-electron chi connectivity index (χ3n) is 3.11. The van der Waals surface area contributed by atoms with E-state index in [9.17, 15) is 4.79 Å². The van der Waals surface area contributed by atoms with Gasteiger partial charge in [-0.1, -0.05) is 18.3 Å². The Kier molecular flexibility index (Phi) is 3.39. The molecule has 86 valence electrons. The van der Waals surface area contributed by atoms with E-state index in [4.69, 9.17) is 12.2 Å². The number of hydrogen-bond acceptors (Lipinski definition) is 2. The van der Waals surface area contributed by atoms with Gasteiger partial charge in [0.25, 0.3) is 0 Å². The summed E-state index contributed by atoms with van der Waals surface area (Å²) in [6, 6.07) is 4.12. The van der Waals surface area contributed by atoms with Crippen LogP contribution in [0.3, 0.4) is 0 Å². The number of hydrogen-bond donors (Lipinski definition) is 1. The van der Waals surface area contributed by atoms with E-state index >= 15 is 0 Å². The van der Waals surface area contributed by atoms with Crippen molar-refractivity contribution < 1.29 is 4.79 Å². The summed E-state index contributed by atoms with van der Waals surface area (Å²) in [6.07, 6.45) is 5.10. The Morgan fingerprint density at radius 3 is 3.06 bits per heavy atom. The number of rotatable bonds is 1. The van der Waals surface area contributed by atoms with Gasteiger partial charge in [0.2, 0.25) is 5.91 Å². The van der Waals surface area contributed by atoms with Gasteiger partial charge >= 0.3 is 0 Å². The molecule has 1 aromatic rings. The van der Waals surface area contributed by atoms with Crippen molar-refractivity contribution in [2.75, 3.05) is 6.54 Å². The molecule has 0 aliphatic carbocycles. The Morgan fingerprint density at radius 2 is 2.38 bits per heavy atom. The van der Waals surface area contributed by atoms with Crippen LogP contribution in [0.1, 0.15) is 37.8 Å². The topological polar surface area (TPSA) is 36.1 Å². The molecule has 1 fully saturated rings. The first-order chi connectivity index (χ1) is 7.70. The molecule has 4 heteroatoms. The molecule has 1 aliphatic heterocycles. The highest BCUT2D eigenvalue weighted by atomic mass is 32.1. The molecule has 1 amide bonds. The van der Waals surface area contributed by atoms with Gasteiger partial charge in [0, 0.05) is 25.2 Å². The average molecular weight is 236 g/mol.